The Labute approximate surface area is 872 Å². The highest BCUT2D eigenvalue weighted by atomic mass is 32.1. The van der Waals surface area contributed by atoms with Gasteiger partial charge in [0.2, 0.25) is 0 Å². The van der Waals surface area contributed by atoms with Crippen LogP contribution in [-0.4, -0.2) is 13.7 Å². The van der Waals surface area contributed by atoms with E-state index in [9.17, 15) is 0 Å². The van der Waals surface area contributed by atoms with Crippen LogP contribution in [0.5, 0.6) is 0 Å². The molecule has 0 N–H and O–H groups in total. The molecular formula is C138H95N7S3. The van der Waals surface area contributed by atoms with Gasteiger partial charge in [-0.25, -0.2) is 0 Å². The average Bonchev–Trinajstić information content (AvgIpc) is 1.57. The number of rotatable bonds is 23. The second-order valence-corrected chi connectivity index (χ2v) is 40.3. The van der Waals surface area contributed by atoms with Crippen molar-refractivity contribution in [1.29, 1.82) is 0 Å². The van der Waals surface area contributed by atoms with E-state index in [-0.39, 0.29) is 0 Å². The SMILES string of the molecule is c1ccc(-c2ccc(-c3ccc(N(c4ccc(-c5ccc(N(c6ccc(-c7ccc(-c8ccccc8)s7)cc6)c6ccc(-n7c8ccccc8c8ccccc87)cc6)cc5)cc4)c4ccc(-n5c6ccccc6c6ccccc65)cc4)cc3)s2)cc1.c1ccc(-c2ccc(-c3ccc(N(c4ccccc4)c4ccc(-c5ccc(N(c6ccccc6)c6ccc7c(c6)c6ccccc6n7-c6ccccc6)cc5)cc4)cc3)s2)cc1. The minimum Gasteiger partial charge on any atom is -0.311 e. The quantitative estimate of drug-likeness (QED) is 0.0638. The number of nitrogens with zero attached hydrogens (tertiary/aromatic N) is 7. The van der Waals surface area contributed by atoms with Crippen LogP contribution in [0.3, 0.4) is 0 Å². The summed E-state index contributed by atoms with van der Waals surface area (Å²) in [5.74, 6) is 0. The van der Waals surface area contributed by atoms with Gasteiger partial charge in [0.15, 0.2) is 0 Å². The predicted octanol–water partition coefficient (Wildman–Crippen LogP) is 40.1. The lowest BCUT2D eigenvalue weighted by Gasteiger charge is -2.27. The molecule has 6 heterocycles. The molecule has 0 spiro atoms. The molecule has 7 nitrogen and oxygen atoms in total. The molecule has 0 fully saturated rings. The van der Waals surface area contributed by atoms with E-state index in [4.69, 9.17) is 0 Å². The Kier molecular flexibility index (Phi) is 23.9. The lowest BCUT2D eigenvalue weighted by molar-refractivity contribution is 1.17. The van der Waals surface area contributed by atoms with Crippen LogP contribution in [0.4, 0.5) is 68.2 Å². The predicted molar refractivity (Wildman–Crippen MR) is 632 cm³/mol. The molecule has 27 rings (SSSR count). The zero-order valence-corrected chi connectivity index (χ0v) is 83.2. The van der Waals surface area contributed by atoms with Crippen LogP contribution in [0.25, 0.3) is 167 Å². The van der Waals surface area contributed by atoms with Crippen molar-refractivity contribution in [2.24, 2.45) is 0 Å². The van der Waals surface area contributed by atoms with E-state index in [0.717, 1.165) is 108 Å². The molecule has 0 saturated heterocycles. The van der Waals surface area contributed by atoms with Gasteiger partial charge in [0, 0.05) is 147 Å². The minimum atomic E-state index is 1.07. The number of benzene rings is 21. The summed E-state index contributed by atoms with van der Waals surface area (Å²) in [6.45, 7) is 0. The topological polar surface area (TPSA) is 27.8 Å². The third kappa shape index (κ3) is 17.3. The molecule has 0 radical (unpaired) electrons. The molecule has 6 aromatic heterocycles. The van der Waals surface area contributed by atoms with E-state index in [1.807, 2.05) is 34.0 Å². The van der Waals surface area contributed by atoms with Crippen LogP contribution in [0.2, 0.25) is 0 Å². The summed E-state index contributed by atoms with van der Waals surface area (Å²) in [6, 6.07) is 209. The van der Waals surface area contributed by atoms with Gasteiger partial charge in [-0.1, -0.05) is 322 Å². The molecule has 10 heteroatoms. The van der Waals surface area contributed by atoms with E-state index >= 15 is 0 Å². The van der Waals surface area contributed by atoms with Crippen LogP contribution >= 0.6 is 34.0 Å². The number of aromatic nitrogens is 3. The van der Waals surface area contributed by atoms with Crippen molar-refractivity contribution in [2.45, 2.75) is 0 Å². The molecule has 0 aliphatic heterocycles. The van der Waals surface area contributed by atoms with Crippen LogP contribution in [0, 0.1) is 0 Å². The van der Waals surface area contributed by atoms with Gasteiger partial charge in [-0.3, -0.25) is 0 Å². The summed E-state index contributed by atoms with van der Waals surface area (Å²) in [6.07, 6.45) is 0. The van der Waals surface area contributed by atoms with Crippen LogP contribution in [0.15, 0.2) is 576 Å². The van der Waals surface area contributed by atoms with E-state index in [1.165, 1.54) is 128 Å². The maximum atomic E-state index is 2.38. The maximum absolute atomic E-state index is 2.38. The zero-order chi connectivity index (χ0) is 98.2. The molecule has 700 valence electrons. The maximum Gasteiger partial charge on any atom is 0.0542 e. The summed E-state index contributed by atoms with van der Waals surface area (Å²) < 4.78 is 7.12. The molecule has 0 amide bonds. The number of thiophene rings is 3. The van der Waals surface area contributed by atoms with Gasteiger partial charge in [-0.2, -0.15) is 0 Å². The molecule has 0 aliphatic rings. The first-order valence-corrected chi connectivity index (χ1v) is 52.6. The number of fused-ring (bicyclic) bond motifs is 9. The standard InChI is InChI=1S/C80H54N4S2.C58H41N3S/c1-3-15-57(16-4-1)77-51-53-79(85-77)59-31-39-63(40-32-59)81(65-43-47-67(48-44-65)83-73-23-11-7-19-69(73)70-20-8-12-24-74(70)83)61-35-27-55(28-36-61)56-29-37-62(38-30-56)82(64-41-33-60(34-42-64)80-54-52-78(86-80)58-17-5-2-6-18-58)66-45-49-68(50-46-66)84-75-25-13-9-21-71(75)72-22-10-14-26-76(72)84;1-5-15-44(16-6-1)57-39-40-58(62-57)45-29-35-50(36-30-45)59(46-17-7-2-8-18-46)49-31-25-42(26-32-49)43-27-33-51(34-28-43)60(47-19-9-3-10-20-47)52-37-38-56-54(41-52)53-23-13-14-24-55(53)61(56)48-21-11-4-12-22-48/h1-54H;1-41H. The fraction of sp³-hybridized carbons (Fsp3) is 0. The first kappa shape index (κ1) is 89.4. The summed E-state index contributed by atoms with van der Waals surface area (Å²) in [5, 5.41) is 7.46. The number of para-hydroxylation sites is 8. The van der Waals surface area contributed by atoms with Crippen molar-refractivity contribution in [3.05, 3.63) is 576 Å². The second kappa shape index (κ2) is 39.6. The highest BCUT2D eigenvalue weighted by Crippen LogP contribution is 2.49. The molecular weight excluding hydrogens is 1850 g/mol. The second-order valence-electron chi connectivity index (χ2n) is 37.1. The zero-order valence-electron chi connectivity index (χ0n) is 80.7. The lowest BCUT2D eigenvalue weighted by Crippen LogP contribution is -2.10. The van der Waals surface area contributed by atoms with E-state index in [2.05, 4.69) is 610 Å². The molecule has 148 heavy (non-hydrogen) atoms. The molecule has 27 aromatic rings. The van der Waals surface area contributed by atoms with E-state index in [0.29, 0.717) is 0 Å². The van der Waals surface area contributed by atoms with Crippen molar-refractivity contribution in [1.82, 2.24) is 13.7 Å². The highest BCUT2D eigenvalue weighted by Gasteiger charge is 2.25. The van der Waals surface area contributed by atoms with Gasteiger partial charge < -0.3 is 33.3 Å². The third-order valence-corrected chi connectivity index (χ3v) is 31.8. The molecule has 0 atom stereocenters. The van der Waals surface area contributed by atoms with Gasteiger partial charge in [0.25, 0.3) is 0 Å². The number of anilines is 12. The fourth-order valence-electron chi connectivity index (χ4n) is 21.1. The smallest absolute Gasteiger partial charge is 0.0542 e. The first-order valence-electron chi connectivity index (χ1n) is 50.1. The Bertz CT molecular complexity index is 8940. The Morgan fingerprint density at radius 1 is 0.115 bits per heavy atom. The first-order chi connectivity index (χ1) is 73.4. The van der Waals surface area contributed by atoms with Gasteiger partial charge in [0.05, 0.1) is 33.1 Å². The van der Waals surface area contributed by atoms with Crippen molar-refractivity contribution < 1.29 is 0 Å². The van der Waals surface area contributed by atoms with Crippen molar-refractivity contribution in [3.8, 4) is 102 Å². The van der Waals surface area contributed by atoms with E-state index in [1.54, 1.807) is 0 Å². The molecule has 0 unspecified atom stereocenters. The Balaban J connectivity index is 0.000000158. The monoisotopic (exact) mass is 1950 g/mol. The Morgan fingerprint density at radius 3 is 0.541 bits per heavy atom. The summed E-state index contributed by atoms with van der Waals surface area (Å²) >= 11 is 5.48. The number of hydrogen-bond acceptors (Lipinski definition) is 7. The number of hydrogen-bond donors (Lipinski definition) is 0. The highest BCUT2D eigenvalue weighted by molar-refractivity contribution is 7.19. The molecule has 0 bridgehead atoms. The van der Waals surface area contributed by atoms with Crippen molar-refractivity contribution in [2.75, 3.05) is 19.6 Å². The van der Waals surface area contributed by atoms with Crippen LogP contribution < -0.4 is 19.6 Å². The van der Waals surface area contributed by atoms with Gasteiger partial charge in [-0.15, -0.1) is 34.0 Å². The Hall–Kier alpha value is -18.7. The van der Waals surface area contributed by atoms with Crippen LogP contribution in [0.1, 0.15) is 0 Å². The average molecular weight is 1950 g/mol. The molecule has 0 saturated carbocycles. The summed E-state index contributed by atoms with van der Waals surface area (Å²) in [4.78, 5) is 17.0. The fourth-order valence-corrected chi connectivity index (χ4v) is 24.1. The molecule has 21 aromatic carbocycles. The van der Waals surface area contributed by atoms with E-state index < -0.39 is 0 Å². The van der Waals surface area contributed by atoms with Crippen molar-refractivity contribution >= 4 is 168 Å². The van der Waals surface area contributed by atoms with Gasteiger partial charge in [0.1, 0.15) is 0 Å². The van der Waals surface area contributed by atoms with Gasteiger partial charge >= 0.3 is 0 Å². The minimum absolute atomic E-state index is 1.07. The van der Waals surface area contributed by atoms with Crippen LogP contribution in [-0.2, 0) is 0 Å². The Morgan fingerprint density at radius 2 is 0.284 bits per heavy atom. The normalized spacial score (nSPS) is 11.4. The third-order valence-electron chi connectivity index (χ3n) is 28.2. The van der Waals surface area contributed by atoms with Gasteiger partial charge in [-0.05, 0) is 310 Å². The summed E-state index contributed by atoms with van der Waals surface area (Å²) in [5.41, 5.74) is 35.6. The molecule has 0 aliphatic carbocycles. The van der Waals surface area contributed by atoms with Crippen molar-refractivity contribution in [3.63, 3.8) is 0 Å². The lowest BCUT2D eigenvalue weighted by atomic mass is 10.0. The largest absolute Gasteiger partial charge is 0.311 e. The summed E-state index contributed by atoms with van der Waals surface area (Å²) in [7, 11) is 0.